The van der Waals surface area contributed by atoms with Crippen LogP contribution in [0.2, 0.25) is 5.02 Å². The van der Waals surface area contributed by atoms with Crippen LogP contribution in [0.4, 0.5) is 13.2 Å². The SMILES string of the molecule is C[C@]1(c2cc(CC(=O)c3ncccc3Cl)ccc2F)N=C(N)OCC1(F)F. The fourth-order valence-corrected chi connectivity index (χ4v) is 3.04. The molecule has 0 bridgehead atoms. The molecular weight excluding hydrogens is 383 g/mol. The van der Waals surface area contributed by atoms with Gasteiger partial charge in [0.05, 0.1) is 5.02 Å². The highest BCUT2D eigenvalue weighted by atomic mass is 35.5. The number of aromatic nitrogens is 1. The number of halogens is 4. The third-order valence-corrected chi connectivity index (χ3v) is 4.69. The van der Waals surface area contributed by atoms with E-state index in [0.29, 0.717) is 5.56 Å². The van der Waals surface area contributed by atoms with Gasteiger partial charge in [0.25, 0.3) is 6.02 Å². The Morgan fingerprint density at radius 2 is 2.11 bits per heavy atom. The Balaban J connectivity index is 1.99. The van der Waals surface area contributed by atoms with E-state index in [4.69, 9.17) is 17.3 Å². The molecule has 1 aliphatic rings. The predicted octanol–water partition coefficient (Wildman–Crippen LogP) is 3.49. The molecule has 1 aromatic heterocycles. The summed E-state index contributed by atoms with van der Waals surface area (Å²) in [6, 6.07) is 6.16. The highest BCUT2D eigenvalue weighted by molar-refractivity contribution is 6.33. The smallest absolute Gasteiger partial charge is 0.310 e. The van der Waals surface area contributed by atoms with Gasteiger partial charge in [0, 0.05) is 18.2 Å². The predicted molar refractivity (Wildman–Crippen MR) is 93.6 cm³/mol. The Morgan fingerprint density at radius 1 is 1.37 bits per heavy atom. The molecule has 0 saturated heterocycles. The molecule has 0 radical (unpaired) electrons. The van der Waals surface area contributed by atoms with Gasteiger partial charge in [0.1, 0.15) is 11.5 Å². The van der Waals surface area contributed by atoms with E-state index in [1.165, 1.54) is 24.4 Å². The van der Waals surface area contributed by atoms with Crippen molar-refractivity contribution in [2.75, 3.05) is 6.61 Å². The Morgan fingerprint density at radius 3 is 2.81 bits per heavy atom. The van der Waals surface area contributed by atoms with E-state index in [-0.39, 0.29) is 22.7 Å². The molecule has 2 N–H and O–H groups in total. The lowest BCUT2D eigenvalue weighted by atomic mass is 9.84. The van der Waals surface area contributed by atoms with Gasteiger partial charge in [0.15, 0.2) is 17.9 Å². The van der Waals surface area contributed by atoms with Crippen LogP contribution in [0.3, 0.4) is 0 Å². The number of nitrogens with two attached hydrogens (primary N) is 1. The molecule has 0 unspecified atom stereocenters. The van der Waals surface area contributed by atoms with Crippen molar-refractivity contribution in [2.24, 2.45) is 10.7 Å². The fraction of sp³-hybridized carbons (Fsp3) is 0.278. The van der Waals surface area contributed by atoms with Crippen LogP contribution in [0.15, 0.2) is 41.5 Å². The number of rotatable bonds is 4. The first-order chi connectivity index (χ1) is 12.6. The van der Waals surface area contributed by atoms with Crippen LogP contribution >= 0.6 is 11.6 Å². The van der Waals surface area contributed by atoms with Crippen molar-refractivity contribution in [3.05, 3.63) is 64.2 Å². The number of hydrogen-bond acceptors (Lipinski definition) is 5. The summed E-state index contributed by atoms with van der Waals surface area (Å²) in [5.74, 6) is -4.81. The van der Waals surface area contributed by atoms with Gasteiger partial charge in [-0.2, -0.15) is 8.78 Å². The number of pyridine rings is 1. The minimum absolute atomic E-state index is 0.0508. The molecule has 0 fully saturated rings. The van der Waals surface area contributed by atoms with Crippen LogP contribution in [0.5, 0.6) is 0 Å². The summed E-state index contributed by atoms with van der Waals surface area (Å²) in [6.45, 7) is 0.0486. The first-order valence-electron chi connectivity index (χ1n) is 7.92. The number of amidine groups is 1. The molecule has 2 heterocycles. The molecule has 2 aromatic rings. The highest BCUT2D eigenvalue weighted by Gasteiger charge is 2.56. The second-order valence-corrected chi connectivity index (χ2v) is 6.67. The van der Waals surface area contributed by atoms with Gasteiger partial charge >= 0.3 is 5.92 Å². The van der Waals surface area contributed by atoms with Crippen molar-refractivity contribution in [3.8, 4) is 0 Å². The number of ether oxygens (including phenoxy) is 1. The average molecular weight is 398 g/mol. The fourth-order valence-electron chi connectivity index (χ4n) is 2.81. The first kappa shape index (κ1) is 19.2. The van der Waals surface area contributed by atoms with Crippen LogP contribution in [-0.4, -0.2) is 29.3 Å². The lowest BCUT2D eigenvalue weighted by Crippen LogP contribution is -2.51. The number of hydrogen-bond donors (Lipinski definition) is 1. The molecule has 3 rings (SSSR count). The van der Waals surface area contributed by atoms with E-state index in [1.807, 2.05) is 0 Å². The standard InChI is InChI=1S/C18H15ClF3N3O2/c1-17(18(21,22)9-27-16(23)25-17)11-7-10(4-5-13(11)20)8-14(26)15-12(19)3-2-6-24-15/h2-7H,8-9H2,1H3,(H2,23,25)/t17-/m1/s1. The van der Waals surface area contributed by atoms with Crippen LogP contribution in [0.25, 0.3) is 0 Å². The Hall–Kier alpha value is -2.61. The Kier molecular flexibility index (Phi) is 4.86. The number of nitrogens with zero attached hydrogens (tertiary/aromatic N) is 2. The summed E-state index contributed by atoms with van der Waals surface area (Å²) in [7, 11) is 0. The summed E-state index contributed by atoms with van der Waals surface area (Å²) in [4.78, 5) is 20.0. The van der Waals surface area contributed by atoms with E-state index in [1.54, 1.807) is 6.07 Å². The maximum absolute atomic E-state index is 14.5. The molecule has 142 valence electrons. The molecule has 1 atom stereocenters. The highest BCUT2D eigenvalue weighted by Crippen LogP contribution is 2.44. The van der Waals surface area contributed by atoms with Crippen LogP contribution in [-0.2, 0) is 16.7 Å². The molecule has 1 aliphatic heterocycles. The minimum atomic E-state index is -3.50. The van der Waals surface area contributed by atoms with Crippen LogP contribution < -0.4 is 5.73 Å². The van der Waals surface area contributed by atoms with Crippen molar-refractivity contribution < 1.29 is 22.7 Å². The van der Waals surface area contributed by atoms with Crippen molar-refractivity contribution in [2.45, 2.75) is 24.8 Å². The number of aliphatic imine (C=N–C) groups is 1. The number of ketones is 1. The number of carbonyl (C=O) groups excluding carboxylic acids is 1. The quantitative estimate of drug-likeness (QED) is 0.801. The molecule has 5 nitrogen and oxygen atoms in total. The molecule has 0 saturated carbocycles. The van der Waals surface area contributed by atoms with Crippen LogP contribution in [0, 0.1) is 5.82 Å². The van der Waals surface area contributed by atoms with Gasteiger partial charge in [-0.05, 0) is 36.8 Å². The zero-order valence-electron chi connectivity index (χ0n) is 14.2. The van der Waals surface area contributed by atoms with Crippen molar-refractivity contribution >= 4 is 23.4 Å². The average Bonchev–Trinajstić information content (AvgIpc) is 2.60. The van der Waals surface area contributed by atoms with E-state index in [9.17, 15) is 18.0 Å². The second kappa shape index (κ2) is 6.84. The molecule has 27 heavy (non-hydrogen) atoms. The zero-order valence-corrected chi connectivity index (χ0v) is 14.9. The lowest BCUT2D eigenvalue weighted by molar-refractivity contribution is -0.117. The third kappa shape index (κ3) is 3.49. The van der Waals surface area contributed by atoms with E-state index < -0.39 is 35.7 Å². The van der Waals surface area contributed by atoms with E-state index >= 15 is 0 Å². The van der Waals surface area contributed by atoms with E-state index in [2.05, 4.69) is 14.7 Å². The van der Waals surface area contributed by atoms with Crippen molar-refractivity contribution in [1.82, 2.24) is 4.98 Å². The third-order valence-electron chi connectivity index (χ3n) is 4.39. The number of benzene rings is 1. The number of alkyl halides is 2. The Bertz CT molecular complexity index is 936. The molecule has 9 heteroatoms. The number of carbonyl (C=O) groups is 1. The molecule has 0 spiro atoms. The first-order valence-corrected chi connectivity index (χ1v) is 8.30. The second-order valence-electron chi connectivity index (χ2n) is 6.26. The molecular formula is C18H15ClF3N3O2. The largest absolute Gasteiger partial charge is 0.459 e. The molecule has 1 aromatic carbocycles. The summed E-state index contributed by atoms with van der Waals surface area (Å²) < 4.78 is 47.9. The maximum atomic E-state index is 14.5. The lowest BCUT2D eigenvalue weighted by Gasteiger charge is -2.37. The number of Topliss-reactive ketones (excluding diaryl/α,β-unsaturated/α-hetero) is 1. The summed E-state index contributed by atoms with van der Waals surface area (Å²) in [6.07, 6.45) is 1.22. The molecule has 0 amide bonds. The van der Waals surface area contributed by atoms with Crippen molar-refractivity contribution in [3.63, 3.8) is 0 Å². The van der Waals surface area contributed by atoms with E-state index in [0.717, 1.165) is 13.0 Å². The zero-order chi connectivity index (χ0) is 19.8. The van der Waals surface area contributed by atoms with Gasteiger partial charge in [-0.1, -0.05) is 17.7 Å². The van der Waals surface area contributed by atoms with Gasteiger partial charge in [0.2, 0.25) is 0 Å². The van der Waals surface area contributed by atoms with Gasteiger partial charge < -0.3 is 10.5 Å². The van der Waals surface area contributed by atoms with Crippen molar-refractivity contribution in [1.29, 1.82) is 0 Å². The van der Waals surface area contributed by atoms with Crippen LogP contribution in [0.1, 0.15) is 28.5 Å². The van der Waals surface area contributed by atoms with Gasteiger partial charge in [-0.3, -0.25) is 9.78 Å². The van der Waals surface area contributed by atoms with Gasteiger partial charge in [-0.15, -0.1) is 0 Å². The summed E-state index contributed by atoms with van der Waals surface area (Å²) in [5.41, 5.74) is 3.15. The molecule has 0 aliphatic carbocycles. The monoisotopic (exact) mass is 397 g/mol. The normalized spacial score (nSPS) is 21.3. The van der Waals surface area contributed by atoms with Gasteiger partial charge in [-0.25, -0.2) is 9.38 Å². The minimum Gasteiger partial charge on any atom is -0.459 e. The maximum Gasteiger partial charge on any atom is 0.310 e. The topological polar surface area (TPSA) is 77.6 Å². The summed E-state index contributed by atoms with van der Waals surface area (Å²) in [5, 5.41) is 0.171. The summed E-state index contributed by atoms with van der Waals surface area (Å²) >= 11 is 5.95. The Labute approximate surface area is 158 Å².